The predicted molar refractivity (Wildman–Crippen MR) is 78.2 cm³/mol. The third kappa shape index (κ3) is 4.50. The molecule has 0 radical (unpaired) electrons. The quantitative estimate of drug-likeness (QED) is 0.739. The standard InChI is InChI=1S/C16H23FN2O/c1-4-16(12-18,19-5-2)9-6-10-20-15-11-13(3)7-8-14(15)17/h7-8,11,19H,4-6,9-10H2,1-3H3. The molecule has 0 bridgehead atoms. The molecule has 1 atom stereocenters. The van der Waals surface area contributed by atoms with Crippen molar-refractivity contribution in [3.05, 3.63) is 29.6 Å². The lowest BCUT2D eigenvalue weighted by Crippen LogP contribution is -2.43. The SMILES string of the molecule is CCNC(C#N)(CC)CCCOc1cc(C)ccc1F. The number of halogens is 1. The zero-order chi connectivity index (χ0) is 15.0. The maximum atomic E-state index is 13.5. The number of ether oxygens (including phenoxy) is 1. The van der Waals surface area contributed by atoms with Gasteiger partial charge in [0.15, 0.2) is 11.6 Å². The maximum absolute atomic E-state index is 13.5. The predicted octanol–water partition coefficient (Wildman–Crippen LogP) is 3.58. The number of nitriles is 1. The van der Waals surface area contributed by atoms with E-state index in [4.69, 9.17) is 4.74 Å². The number of nitrogens with one attached hydrogen (secondary N) is 1. The fourth-order valence-electron chi connectivity index (χ4n) is 2.18. The third-order valence-electron chi connectivity index (χ3n) is 3.42. The topological polar surface area (TPSA) is 45.0 Å². The Hall–Kier alpha value is -1.60. The van der Waals surface area contributed by atoms with Gasteiger partial charge in [-0.15, -0.1) is 0 Å². The molecule has 1 unspecified atom stereocenters. The number of rotatable bonds is 8. The van der Waals surface area contributed by atoms with Crippen molar-refractivity contribution >= 4 is 0 Å². The van der Waals surface area contributed by atoms with Gasteiger partial charge in [-0.1, -0.05) is 19.9 Å². The van der Waals surface area contributed by atoms with E-state index < -0.39 is 5.54 Å². The smallest absolute Gasteiger partial charge is 0.165 e. The first-order valence-corrected chi connectivity index (χ1v) is 7.12. The molecule has 0 fully saturated rings. The average Bonchev–Trinajstić information content (AvgIpc) is 2.46. The largest absolute Gasteiger partial charge is 0.491 e. The van der Waals surface area contributed by atoms with Crippen LogP contribution in [0.15, 0.2) is 18.2 Å². The molecule has 0 aliphatic heterocycles. The molecular weight excluding hydrogens is 255 g/mol. The van der Waals surface area contributed by atoms with Crippen molar-refractivity contribution in [1.82, 2.24) is 5.32 Å². The van der Waals surface area contributed by atoms with Crippen LogP contribution in [0.4, 0.5) is 4.39 Å². The van der Waals surface area contributed by atoms with E-state index in [9.17, 15) is 9.65 Å². The Labute approximate surface area is 120 Å². The van der Waals surface area contributed by atoms with Crippen LogP contribution in [0.25, 0.3) is 0 Å². The van der Waals surface area contributed by atoms with Gasteiger partial charge in [-0.05, 0) is 50.4 Å². The highest BCUT2D eigenvalue weighted by Gasteiger charge is 2.25. The van der Waals surface area contributed by atoms with Gasteiger partial charge in [-0.3, -0.25) is 5.32 Å². The second-order valence-corrected chi connectivity index (χ2v) is 4.96. The van der Waals surface area contributed by atoms with Crippen LogP contribution in [0.3, 0.4) is 0 Å². The Bertz CT molecular complexity index is 470. The molecule has 1 rings (SSSR count). The van der Waals surface area contributed by atoms with Gasteiger partial charge in [0.2, 0.25) is 0 Å². The molecule has 3 nitrogen and oxygen atoms in total. The first-order valence-electron chi connectivity index (χ1n) is 7.12. The molecule has 0 saturated heterocycles. The van der Waals surface area contributed by atoms with Gasteiger partial charge in [-0.25, -0.2) is 4.39 Å². The van der Waals surface area contributed by atoms with Crippen LogP contribution in [0.2, 0.25) is 0 Å². The summed E-state index contributed by atoms with van der Waals surface area (Å²) in [6, 6.07) is 7.16. The minimum Gasteiger partial charge on any atom is -0.491 e. The number of benzene rings is 1. The van der Waals surface area contributed by atoms with Crippen molar-refractivity contribution in [2.45, 2.75) is 45.6 Å². The first-order chi connectivity index (χ1) is 9.56. The first kappa shape index (κ1) is 16.5. The van der Waals surface area contributed by atoms with E-state index in [1.165, 1.54) is 6.07 Å². The number of hydrogen-bond donors (Lipinski definition) is 1. The van der Waals surface area contributed by atoms with Crippen molar-refractivity contribution in [1.29, 1.82) is 5.26 Å². The number of hydrogen-bond acceptors (Lipinski definition) is 3. The van der Waals surface area contributed by atoms with Crippen LogP contribution >= 0.6 is 0 Å². The van der Waals surface area contributed by atoms with E-state index in [1.54, 1.807) is 12.1 Å². The van der Waals surface area contributed by atoms with Crippen molar-refractivity contribution in [3.8, 4) is 11.8 Å². The van der Waals surface area contributed by atoms with Gasteiger partial charge in [0.1, 0.15) is 5.54 Å². The summed E-state index contributed by atoms with van der Waals surface area (Å²) < 4.78 is 19.0. The monoisotopic (exact) mass is 278 g/mol. The van der Waals surface area contributed by atoms with E-state index in [0.29, 0.717) is 19.4 Å². The molecular formula is C16H23FN2O. The summed E-state index contributed by atoms with van der Waals surface area (Å²) in [7, 11) is 0. The second kappa shape index (κ2) is 7.86. The minimum absolute atomic E-state index is 0.285. The summed E-state index contributed by atoms with van der Waals surface area (Å²) >= 11 is 0. The Morgan fingerprint density at radius 3 is 2.75 bits per heavy atom. The molecule has 0 saturated carbocycles. The van der Waals surface area contributed by atoms with E-state index in [-0.39, 0.29) is 11.6 Å². The van der Waals surface area contributed by atoms with Gasteiger partial charge in [-0.2, -0.15) is 5.26 Å². The lowest BCUT2D eigenvalue weighted by molar-refractivity contribution is 0.268. The highest BCUT2D eigenvalue weighted by atomic mass is 19.1. The lowest BCUT2D eigenvalue weighted by atomic mass is 9.92. The average molecular weight is 278 g/mol. The van der Waals surface area contributed by atoms with Crippen molar-refractivity contribution in [3.63, 3.8) is 0 Å². The fraction of sp³-hybridized carbons (Fsp3) is 0.562. The third-order valence-corrected chi connectivity index (χ3v) is 3.42. The van der Waals surface area contributed by atoms with Gasteiger partial charge in [0.25, 0.3) is 0 Å². The molecule has 0 amide bonds. The molecule has 1 aromatic rings. The minimum atomic E-state index is -0.497. The summed E-state index contributed by atoms with van der Waals surface area (Å²) in [6.45, 7) is 7.05. The van der Waals surface area contributed by atoms with E-state index >= 15 is 0 Å². The summed E-state index contributed by atoms with van der Waals surface area (Å²) in [4.78, 5) is 0. The second-order valence-electron chi connectivity index (χ2n) is 4.96. The number of aryl methyl sites for hydroxylation is 1. The van der Waals surface area contributed by atoms with E-state index in [1.807, 2.05) is 20.8 Å². The highest BCUT2D eigenvalue weighted by Crippen LogP contribution is 2.20. The van der Waals surface area contributed by atoms with Crippen LogP contribution in [0.1, 0.15) is 38.7 Å². The fourth-order valence-corrected chi connectivity index (χ4v) is 2.18. The summed E-state index contributed by atoms with van der Waals surface area (Å²) in [5.41, 5.74) is 0.470. The molecule has 0 spiro atoms. The van der Waals surface area contributed by atoms with Gasteiger partial charge < -0.3 is 4.74 Å². The lowest BCUT2D eigenvalue weighted by Gasteiger charge is -2.26. The number of nitrogens with zero attached hydrogens (tertiary/aromatic N) is 1. The Morgan fingerprint density at radius 1 is 1.40 bits per heavy atom. The normalized spacial score (nSPS) is 13.6. The Kier molecular flexibility index (Phi) is 6.47. The summed E-state index contributed by atoms with van der Waals surface area (Å²) in [5.74, 6) is -0.0585. The van der Waals surface area contributed by atoms with Crippen LogP contribution in [0.5, 0.6) is 5.75 Å². The molecule has 0 aliphatic carbocycles. The molecule has 0 heterocycles. The highest BCUT2D eigenvalue weighted by molar-refractivity contribution is 5.29. The molecule has 1 N–H and O–H groups in total. The van der Waals surface area contributed by atoms with Gasteiger partial charge in [0, 0.05) is 0 Å². The zero-order valence-corrected chi connectivity index (χ0v) is 12.5. The summed E-state index contributed by atoms with van der Waals surface area (Å²) in [6.07, 6.45) is 2.15. The van der Waals surface area contributed by atoms with Crippen molar-refractivity contribution in [2.24, 2.45) is 0 Å². The van der Waals surface area contributed by atoms with Crippen LogP contribution in [-0.4, -0.2) is 18.7 Å². The molecule has 4 heteroatoms. The van der Waals surface area contributed by atoms with E-state index in [0.717, 1.165) is 18.5 Å². The van der Waals surface area contributed by atoms with Gasteiger partial charge in [0.05, 0.1) is 12.7 Å². The Morgan fingerprint density at radius 2 is 2.15 bits per heavy atom. The van der Waals surface area contributed by atoms with Crippen LogP contribution in [0, 0.1) is 24.1 Å². The molecule has 110 valence electrons. The Balaban J connectivity index is 2.48. The van der Waals surface area contributed by atoms with Crippen LogP contribution < -0.4 is 10.1 Å². The van der Waals surface area contributed by atoms with E-state index in [2.05, 4.69) is 11.4 Å². The summed E-state index contributed by atoms with van der Waals surface area (Å²) in [5, 5.41) is 12.5. The maximum Gasteiger partial charge on any atom is 0.165 e. The molecule has 0 aromatic heterocycles. The molecule has 1 aromatic carbocycles. The zero-order valence-electron chi connectivity index (χ0n) is 12.5. The van der Waals surface area contributed by atoms with Crippen LogP contribution in [-0.2, 0) is 0 Å². The molecule has 20 heavy (non-hydrogen) atoms. The van der Waals surface area contributed by atoms with Crippen molar-refractivity contribution < 1.29 is 9.13 Å². The van der Waals surface area contributed by atoms with Gasteiger partial charge >= 0.3 is 0 Å². The van der Waals surface area contributed by atoms with Crippen molar-refractivity contribution in [2.75, 3.05) is 13.2 Å². The molecule has 0 aliphatic rings.